The zero-order valence-corrected chi connectivity index (χ0v) is 10.8. The molecule has 1 aliphatic carbocycles. The summed E-state index contributed by atoms with van der Waals surface area (Å²) in [5, 5.41) is 12.8. The summed E-state index contributed by atoms with van der Waals surface area (Å²) in [7, 11) is 0. The van der Waals surface area contributed by atoms with Gasteiger partial charge in [-0.3, -0.25) is 4.79 Å². The number of rotatable bonds is 3. The summed E-state index contributed by atoms with van der Waals surface area (Å²) in [6.07, 6.45) is 1.64. The molecule has 0 saturated heterocycles. The average Bonchev–Trinajstić information content (AvgIpc) is 2.13. The number of anilines is 1. The molecular weight excluding hydrogens is 293 g/mol. The van der Waals surface area contributed by atoms with Gasteiger partial charge in [0.15, 0.2) is 0 Å². The zero-order valence-electron chi connectivity index (χ0n) is 8.41. The van der Waals surface area contributed by atoms with Crippen LogP contribution in [0.1, 0.15) is 12.8 Å². The molecule has 16 heavy (non-hydrogen) atoms. The van der Waals surface area contributed by atoms with Crippen molar-refractivity contribution in [1.29, 1.82) is 0 Å². The molecule has 0 aliphatic heterocycles. The molecule has 2 atom stereocenters. The van der Waals surface area contributed by atoms with Gasteiger partial charge in [-0.25, -0.2) is 0 Å². The van der Waals surface area contributed by atoms with Crippen molar-refractivity contribution in [2.75, 3.05) is 5.32 Å². The van der Waals surface area contributed by atoms with Gasteiger partial charge in [-0.2, -0.15) is 0 Å². The number of nitrogens with one attached hydrogen (secondary N) is 1. The molecule has 2 N–H and O–H groups in total. The van der Waals surface area contributed by atoms with Gasteiger partial charge >= 0.3 is 5.97 Å². The first-order valence-electron chi connectivity index (χ1n) is 5.02. The second-order valence-electron chi connectivity index (χ2n) is 3.90. The fourth-order valence-electron chi connectivity index (χ4n) is 1.77. The van der Waals surface area contributed by atoms with E-state index in [-0.39, 0.29) is 12.0 Å². The van der Waals surface area contributed by atoms with Crippen LogP contribution in [-0.4, -0.2) is 17.1 Å². The molecule has 2 rings (SSSR count). The Morgan fingerprint density at radius 1 is 1.50 bits per heavy atom. The fourth-order valence-corrected chi connectivity index (χ4v) is 2.57. The van der Waals surface area contributed by atoms with Gasteiger partial charge in [0.05, 0.1) is 5.92 Å². The van der Waals surface area contributed by atoms with Crippen LogP contribution in [-0.2, 0) is 4.79 Å². The van der Waals surface area contributed by atoms with Crippen molar-refractivity contribution in [3.63, 3.8) is 0 Å². The molecule has 3 nitrogen and oxygen atoms in total. The van der Waals surface area contributed by atoms with Gasteiger partial charge in [-0.1, -0.05) is 11.6 Å². The normalized spacial score (nSPS) is 23.6. The molecule has 1 aliphatic rings. The third-order valence-corrected chi connectivity index (χ3v) is 3.75. The summed E-state index contributed by atoms with van der Waals surface area (Å²) < 4.78 is 0.857. The first-order chi connectivity index (χ1) is 7.58. The van der Waals surface area contributed by atoms with Crippen LogP contribution in [0.3, 0.4) is 0 Å². The Kier molecular flexibility index (Phi) is 3.40. The minimum Gasteiger partial charge on any atom is -0.481 e. The highest BCUT2D eigenvalue weighted by Gasteiger charge is 2.36. The first-order valence-corrected chi connectivity index (χ1v) is 6.19. The molecule has 0 aromatic heterocycles. The van der Waals surface area contributed by atoms with E-state index in [9.17, 15) is 4.79 Å². The Morgan fingerprint density at radius 2 is 2.25 bits per heavy atom. The van der Waals surface area contributed by atoms with E-state index in [0.29, 0.717) is 5.02 Å². The number of halogens is 2. The van der Waals surface area contributed by atoms with Crippen LogP contribution in [0.5, 0.6) is 0 Å². The molecule has 0 heterocycles. The quantitative estimate of drug-likeness (QED) is 0.900. The maximum Gasteiger partial charge on any atom is 0.308 e. The number of carboxylic acids is 1. The zero-order chi connectivity index (χ0) is 11.7. The van der Waals surface area contributed by atoms with Crippen molar-refractivity contribution in [2.45, 2.75) is 18.9 Å². The predicted octanol–water partition coefficient (Wildman–Crippen LogP) is 3.38. The van der Waals surface area contributed by atoms with E-state index in [1.165, 1.54) is 0 Å². The monoisotopic (exact) mass is 303 g/mol. The van der Waals surface area contributed by atoms with Crippen LogP contribution in [0.4, 0.5) is 5.69 Å². The van der Waals surface area contributed by atoms with E-state index in [4.69, 9.17) is 16.7 Å². The van der Waals surface area contributed by atoms with Crippen molar-refractivity contribution in [2.24, 2.45) is 5.92 Å². The highest BCUT2D eigenvalue weighted by Crippen LogP contribution is 2.33. The largest absolute Gasteiger partial charge is 0.481 e. The summed E-state index contributed by atoms with van der Waals surface area (Å²) in [5.41, 5.74) is 0.889. The molecule has 0 spiro atoms. The average molecular weight is 305 g/mol. The van der Waals surface area contributed by atoms with Crippen molar-refractivity contribution >= 4 is 39.2 Å². The smallest absolute Gasteiger partial charge is 0.308 e. The third kappa shape index (κ3) is 2.33. The molecule has 0 bridgehead atoms. The van der Waals surface area contributed by atoms with Crippen LogP contribution in [0.2, 0.25) is 5.02 Å². The first kappa shape index (κ1) is 11.7. The van der Waals surface area contributed by atoms with Crippen molar-refractivity contribution < 1.29 is 9.90 Å². The molecule has 2 unspecified atom stereocenters. The maximum absolute atomic E-state index is 10.8. The Labute approximate surface area is 107 Å². The third-order valence-electron chi connectivity index (χ3n) is 2.86. The van der Waals surface area contributed by atoms with Crippen LogP contribution in [0.25, 0.3) is 0 Å². The van der Waals surface area contributed by atoms with E-state index in [0.717, 1.165) is 23.0 Å². The van der Waals surface area contributed by atoms with E-state index < -0.39 is 5.97 Å². The Balaban J connectivity index is 2.07. The topological polar surface area (TPSA) is 49.3 Å². The highest BCUT2D eigenvalue weighted by molar-refractivity contribution is 9.10. The van der Waals surface area contributed by atoms with Gasteiger partial charge in [0.1, 0.15) is 0 Å². The molecule has 1 saturated carbocycles. The van der Waals surface area contributed by atoms with Crippen LogP contribution in [0.15, 0.2) is 22.7 Å². The van der Waals surface area contributed by atoms with Crippen molar-refractivity contribution in [3.05, 3.63) is 27.7 Å². The molecule has 0 radical (unpaired) electrons. The summed E-state index contributed by atoms with van der Waals surface area (Å²) in [4.78, 5) is 10.8. The highest BCUT2D eigenvalue weighted by atomic mass is 79.9. The molecule has 86 valence electrons. The lowest BCUT2D eigenvalue weighted by Gasteiger charge is -2.35. The summed E-state index contributed by atoms with van der Waals surface area (Å²) >= 11 is 9.22. The van der Waals surface area contributed by atoms with E-state index in [1.54, 1.807) is 12.1 Å². The SMILES string of the molecule is O=C(O)C1CCC1Nc1ccc(Cl)cc1Br. The molecular formula is C11H11BrClNO2. The molecule has 1 fully saturated rings. The van der Waals surface area contributed by atoms with E-state index >= 15 is 0 Å². The predicted molar refractivity (Wildman–Crippen MR) is 66.9 cm³/mol. The summed E-state index contributed by atoms with van der Waals surface area (Å²) in [6, 6.07) is 5.44. The number of benzene rings is 1. The van der Waals surface area contributed by atoms with Gasteiger partial charge in [-0.05, 0) is 47.0 Å². The molecule has 0 amide bonds. The Morgan fingerprint density at radius 3 is 2.75 bits per heavy atom. The second kappa shape index (κ2) is 4.63. The van der Waals surface area contributed by atoms with Crippen molar-refractivity contribution in [1.82, 2.24) is 0 Å². The maximum atomic E-state index is 10.8. The van der Waals surface area contributed by atoms with Crippen LogP contribution >= 0.6 is 27.5 Å². The summed E-state index contributed by atoms with van der Waals surface area (Å²) in [5.74, 6) is -1.00. The standard InChI is InChI=1S/C11H11BrClNO2/c12-8-5-6(13)1-3-10(8)14-9-4-2-7(9)11(15)16/h1,3,5,7,9,14H,2,4H2,(H,15,16). The van der Waals surface area contributed by atoms with Crippen molar-refractivity contribution in [3.8, 4) is 0 Å². The lowest BCUT2D eigenvalue weighted by atomic mass is 9.79. The Hall–Kier alpha value is -0.740. The number of hydrogen-bond donors (Lipinski definition) is 2. The number of aliphatic carboxylic acids is 1. The minimum absolute atomic E-state index is 0.0231. The number of hydrogen-bond acceptors (Lipinski definition) is 2. The number of carbonyl (C=O) groups is 1. The number of carboxylic acid groups (broad SMARTS) is 1. The van der Waals surface area contributed by atoms with Gasteiger partial charge in [0, 0.05) is 21.2 Å². The van der Waals surface area contributed by atoms with Crippen LogP contribution in [0, 0.1) is 5.92 Å². The minimum atomic E-state index is -0.728. The fraction of sp³-hybridized carbons (Fsp3) is 0.364. The van der Waals surface area contributed by atoms with E-state index in [2.05, 4.69) is 21.2 Å². The van der Waals surface area contributed by atoms with Crippen LogP contribution < -0.4 is 5.32 Å². The molecule has 1 aromatic carbocycles. The molecule has 5 heteroatoms. The Bertz CT molecular complexity index is 424. The molecule has 1 aromatic rings. The second-order valence-corrected chi connectivity index (χ2v) is 5.19. The van der Waals surface area contributed by atoms with Gasteiger partial charge in [0.2, 0.25) is 0 Å². The van der Waals surface area contributed by atoms with Gasteiger partial charge in [-0.15, -0.1) is 0 Å². The summed E-state index contributed by atoms with van der Waals surface area (Å²) in [6.45, 7) is 0. The van der Waals surface area contributed by atoms with Gasteiger partial charge in [0.25, 0.3) is 0 Å². The van der Waals surface area contributed by atoms with E-state index in [1.807, 2.05) is 6.07 Å². The lowest BCUT2D eigenvalue weighted by molar-refractivity contribution is -0.144. The lowest BCUT2D eigenvalue weighted by Crippen LogP contribution is -2.43. The van der Waals surface area contributed by atoms with Gasteiger partial charge < -0.3 is 10.4 Å².